The van der Waals surface area contributed by atoms with Crippen molar-refractivity contribution in [3.8, 4) is 0 Å². The maximum absolute atomic E-state index is 10.8. The number of esters is 1. The van der Waals surface area contributed by atoms with Crippen molar-refractivity contribution in [1.29, 1.82) is 0 Å². The van der Waals surface area contributed by atoms with Crippen LogP contribution in [0.15, 0.2) is 42.5 Å². The second-order valence-corrected chi connectivity index (χ2v) is 3.94. The number of nitrogens with zero attached hydrogens (tertiary/aromatic N) is 1. The summed E-state index contributed by atoms with van der Waals surface area (Å²) in [6.07, 6.45) is 4.15. The van der Waals surface area contributed by atoms with Crippen LogP contribution in [0, 0.1) is 0 Å². The molecule has 0 fully saturated rings. The summed E-state index contributed by atoms with van der Waals surface area (Å²) in [5.41, 5.74) is 1.30. The summed E-state index contributed by atoms with van der Waals surface area (Å²) in [5, 5.41) is 0. The van der Waals surface area contributed by atoms with E-state index < -0.39 is 0 Å². The molecular formula is C14H19NO2. The van der Waals surface area contributed by atoms with Crippen molar-refractivity contribution in [2.45, 2.75) is 13.0 Å². The molecule has 0 amide bonds. The van der Waals surface area contributed by atoms with E-state index in [2.05, 4.69) is 28.8 Å². The number of methoxy groups -OCH3 is 1. The van der Waals surface area contributed by atoms with Crippen molar-refractivity contribution in [3.63, 3.8) is 0 Å². The van der Waals surface area contributed by atoms with Crippen LogP contribution in [0.2, 0.25) is 0 Å². The van der Waals surface area contributed by atoms with Gasteiger partial charge in [0.05, 0.1) is 7.11 Å². The van der Waals surface area contributed by atoms with Crippen LogP contribution in [0.3, 0.4) is 0 Å². The van der Waals surface area contributed by atoms with Gasteiger partial charge in [0.1, 0.15) is 0 Å². The molecule has 0 heterocycles. The topological polar surface area (TPSA) is 29.5 Å². The Hall–Kier alpha value is -1.61. The molecule has 92 valence electrons. The maximum atomic E-state index is 10.8. The highest BCUT2D eigenvalue weighted by atomic mass is 16.5. The van der Waals surface area contributed by atoms with Gasteiger partial charge in [-0.15, -0.1) is 0 Å². The van der Waals surface area contributed by atoms with Crippen molar-refractivity contribution in [1.82, 2.24) is 4.90 Å². The van der Waals surface area contributed by atoms with E-state index in [0.29, 0.717) is 0 Å². The number of hydrogen-bond donors (Lipinski definition) is 0. The molecular weight excluding hydrogens is 214 g/mol. The second-order valence-electron chi connectivity index (χ2n) is 3.94. The van der Waals surface area contributed by atoms with Crippen LogP contribution >= 0.6 is 0 Å². The van der Waals surface area contributed by atoms with Gasteiger partial charge >= 0.3 is 5.97 Å². The first kappa shape index (κ1) is 13.5. The molecule has 1 aromatic rings. The number of hydrogen-bond acceptors (Lipinski definition) is 3. The van der Waals surface area contributed by atoms with Crippen molar-refractivity contribution in [2.75, 3.05) is 20.7 Å². The first-order valence-corrected chi connectivity index (χ1v) is 5.69. The smallest absolute Gasteiger partial charge is 0.330 e. The van der Waals surface area contributed by atoms with E-state index in [1.54, 1.807) is 0 Å². The predicted molar refractivity (Wildman–Crippen MR) is 68.5 cm³/mol. The Bertz CT molecular complexity index is 360. The summed E-state index contributed by atoms with van der Waals surface area (Å²) < 4.78 is 4.51. The van der Waals surface area contributed by atoms with Crippen LogP contribution in [0.25, 0.3) is 0 Å². The third-order valence-electron chi connectivity index (χ3n) is 2.43. The van der Waals surface area contributed by atoms with E-state index in [4.69, 9.17) is 0 Å². The molecule has 0 aliphatic carbocycles. The SMILES string of the molecule is COC(=O)/C=C/CCN(C)Cc1ccccc1. The third kappa shape index (κ3) is 5.88. The average Bonchev–Trinajstić information content (AvgIpc) is 2.35. The van der Waals surface area contributed by atoms with Gasteiger partial charge in [0.15, 0.2) is 0 Å². The highest BCUT2D eigenvalue weighted by molar-refractivity contribution is 5.81. The quantitative estimate of drug-likeness (QED) is 0.557. The van der Waals surface area contributed by atoms with E-state index in [1.807, 2.05) is 24.3 Å². The van der Waals surface area contributed by atoms with Gasteiger partial charge in [-0.1, -0.05) is 36.4 Å². The molecule has 0 spiro atoms. The van der Waals surface area contributed by atoms with Gasteiger partial charge in [-0.2, -0.15) is 0 Å². The molecule has 3 nitrogen and oxygen atoms in total. The molecule has 0 radical (unpaired) electrons. The fourth-order valence-electron chi connectivity index (χ4n) is 1.52. The largest absolute Gasteiger partial charge is 0.466 e. The standard InChI is InChI=1S/C14H19NO2/c1-15(11-7-6-10-14(16)17-2)12-13-8-4-3-5-9-13/h3-6,8-10H,7,11-12H2,1-2H3/b10-6+. The van der Waals surface area contributed by atoms with Crippen LogP contribution in [0.4, 0.5) is 0 Å². The van der Waals surface area contributed by atoms with Gasteiger partial charge < -0.3 is 9.64 Å². The molecule has 1 rings (SSSR count). The summed E-state index contributed by atoms with van der Waals surface area (Å²) in [7, 11) is 3.45. The zero-order valence-electron chi connectivity index (χ0n) is 10.4. The Morgan fingerprint density at radius 3 is 2.71 bits per heavy atom. The van der Waals surface area contributed by atoms with E-state index in [1.165, 1.54) is 18.7 Å². The van der Waals surface area contributed by atoms with Crippen LogP contribution in [-0.2, 0) is 16.1 Å². The highest BCUT2D eigenvalue weighted by Crippen LogP contribution is 2.03. The lowest BCUT2D eigenvalue weighted by Crippen LogP contribution is -2.18. The molecule has 0 atom stereocenters. The van der Waals surface area contributed by atoms with Gasteiger partial charge in [-0.25, -0.2) is 4.79 Å². The Labute approximate surface area is 103 Å². The Kier molecular flexibility index (Phi) is 6.04. The molecule has 0 saturated carbocycles. The van der Waals surface area contributed by atoms with Crippen molar-refractivity contribution >= 4 is 5.97 Å². The zero-order valence-corrected chi connectivity index (χ0v) is 10.4. The fourth-order valence-corrected chi connectivity index (χ4v) is 1.52. The average molecular weight is 233 g/mol. The van der Waals surface area contributed by atoms with Crippen molar-refractivity contribution in [3.05, 3.63) is 48.0 Å². The van der Waals surface area contributed by atoms with Gasteiger partial charge in [-0.05, 0) is 19.0 Å². The molecule has 3 heteroatoms. The molecule has 17 heavy (non-hydrogen) atoms. The van der Waals surface area contributed by atoms with E-state index >= 15 is 0 Å². The molecule has 0 saturated heterocycles. The maximum Gasteiger partial charge on any atom is 0.330 e. The van der Waals surface area contributed by atoms with Crippen LogP contribution in [0.5, 0.6) is 0 Å². The zero-order chi connectivity index (χ0) is 12.5. The third-order valence-corrected chi connectivity index (χ3v) is 2.43. The summed E-state index contributed by atoms with van der Waals surface area (Å²) in [4.78, 5) is 13.0. The summed E-state index contributed by atoms with van der Waals surface area (Å²) >= 11 is 0. The second kappa shape index (κ2) is 7.63. The molecule has 1 aromatic carbocycles. The van der Waals surface area contributed by atoms with Crippen LogP contribution in [0.1, 0.15) is 12.0 Å². The number of rotatable bonds is 6. The summed E-state index contributed by atoms with van der Waals surface area (Å²) in [6, 6.07) is 10.3. The Balaban J connectivity index is 2.24. The first-order valence-electron chi connectivity index (χ1n) is 5.69. The summed E-state index contributed by atoms with van der Waals surface area (Å²) in [5.74, 6) is -0.296. The van der Waals surface area contributed by atoms with E-state index in [-0.39, 0.29) is 5.97 Å². The number of carbonyl (C=O) groups is 1. The van der Waals surface area contributed by atoms with Crippen LogP contribution < -0.4 is 0 Å². The van der Waals surface area contributed by atoms with Crippen molar-refractivity contribution < 1.29 is 9.53 Å². The Morgan fingerprint density at radius 2 is 2.06 bits per heavy atom. The monoisotopic (exact) mass is 233 g/mol. The normalized spacial score (nSPS) is 11.0. The molecule has 0 aliphatic rings. The molecule has 0 aromatic heterocycles. The number of carbonyl (C=O) groups excluding carboxylic acids is 1. The Morgan fingerprint density at radius 1 is 1.35 bits per heavy atom. The lowest BCUT2D eigenvalue weighted by atomic mass is 10.2. The number of ether oxygens (including phenoxy) is 1. The molecule has 0 unspecified atom stereocenters. The fraction of sp³-hybridized carbons (Fsp3) is 0.357. The lowest BCUT2D eigenvalue weighted by Gasteiger charge is -2.15. The molecule has 0 N–H and O–H groups in total. The first-order chi connectivity index (χ1) is 8.22. The molecule has 0 bridgehead atoms. The van der Waals surface area contributed by atoms with Gasteiger partial charge in [0.25, 0.3) is 0 Å². The van der Waals surface area contributed by atoms with Crippen molar-refractivity contribution in [2.24, 2.45) is 0 Å². The van der Waals surface area contributed by atoms with Gasteiger partial charge in [0, 0.05) is 19.2 Å². The minimum atomic E-state index is -0.296. The van der Waals surface area contributed by atoms with Crippen LogP contribution in [-0.4, -0.2) is 31.6 Å². The number of benzene rings is 1. The van der Waals surface area contributed by atoms with Gasteiger partial charge in [-0.3, -0.25) is 0 Å². The van der Waals surface area contributed by atoms with Gasteiger partial charge in [0.2, 0.25) is 0 Å². The highest BCUT2D eigenvalue weighted by Gasteiger charge is 1.98. The summed E-state index contributed by atoms with van der Waals surface area (Å²) in [6.45, 7) is 1.84. The molecule has 0 aliphatic heterocycles. The minimum Gasteiger partial charge on any atom is -0.466 e. The predicted octanol–water partition coefficient (Wildman–Crippen LogP) is 2.24. The van der Waals surface area contributed by atoms with E-state index in [9.17, 15) is 4.79 Å². The minimum absolute atomic E-state index is 0.296. The lowest BCUT2D eigenvalue weighted by molar-refractivity contribution is -0.134. The van der Waals surface area contributed by atoms with E-state index in [0.717, 1.165) is 19.5 Å².